The van der Waals surface area contributed by atoms with Crippen LogP contribution < -0.4 is 10.6 Å². The van der Waals surface area contributed by atoms with E-state index in [4.69, 9.17) is 4.42 Å². The van der Waals surface area contributed by atoms with Crippen LogP contribution in [0, 0.1) is 0 Å². The van der Waals surface area contributed by atoms with E-state index >= 15 is 0 Å². The number of hydrogen-bond donors (Lipinski definition) is 2. The molecule has 2 aliphatic rings. The average Bonchev–Trinajstić information content (AvgIpc) is 2.98. The van der Waals surface area contributed by atoms with Crippen molar-refractivity contribution in [2.24, 2.45) is 0 Å². The van der Waals surface area contributed by atoms with E-state index in [1.165, 1.54) is 0 Å². The van der Waals surface area contributed by atoms with Crippen molar-refractivity contribution in [1.82, 2.24) is 10.6 Å². The minimum Gasteiger partial charge on any atom is -0.469 e. The second-order valence-corrected chi connectivity index (χ2v) is 5.58. The number of hydrogen-bond acceptors (Lipinski definition) is 3. The van der Waals surface area contributed by atoms with Gasteiger partial charge in [-0.3, -0.25) is 4.79 Å². The van der Waals surface area contributed by atoms with Gasteiger partial charge in [0.1, 0.15) is 5.76 Å². The summed E-state index contributed by atoms with van der Waals surface area (Å²) >= 11 is 0. The maximum absolute atomic E-state index is 12.4. The first-order valence-corrected chi connectivity index (χ1v) is 6.81. The van der Waals surface area contributed by atoms with Crippen molar-refractivity contribution in [1.29, 1.82) is 0 Å². The fraction of sp³-hybridized carbons (Fsp3) is 0.643. The second-order valence-electron chi connectivity index (χ2n) is 5.58. The van der Waals surface area contributed by atoms with E-state index < -0.39 is 0 Å². The zero-order chi connectivity index (χ0) is 12.6. The molecule has 2 N–H and O–H groups in total. The Morgan fingerprint density at radius 2 is 2.44 bits per heavy atom. The van der Waals surface area contributed by atoms with Crippen LogP contribution in [0.25, 0.3) is 0 Å². The van der Waals surface area contributed by atoms with E-state index in [9.17, 15) is 4.79 Å². The molecule has 4 heteroatoms. The molecule has 18 heavy (non-hydrogen) atoms. The van der Waals surface area contributed by atoms with E-state index in [-0.39, 0.29) is 17.5 Å². The molecule has 0 spiro atoms. The van der Waals surface area contributed by atoms with Crippen molar-refractivity contribution < 1.29 is 9.21 Å². The molecule has 1 fully saturated rings. The van der Waals surface area contributed by atoms with E-state index in [0.29, 0.717) is 0 Å². The van der Waals surface area contributed by atoms with Crippen molar-refractivity contribution in [2.45, 2.75) is 50.6 Å². The highest BCUT2D eigenvalue weighted by Crippen LogP contribution is 2.31. The molecule has 1 aliphatic carbocycles. The molecule has 1 aromatic heterocycles. The lowest BCUT2D eigenvalue weighted by Crippen LogP contribution is -2.52. The Kier molecular flexibility index (Phi) is 2.90. The van der Waals surface area contributed by atoms with Gasteiger partial charge in [0.2, 0.25) is 5.91 Å². The normalized spacial score (nSPS) is 31.1. The van der Waals surface area contributed by atoms with Gasteiger partial charge in [-0.15, -0.1) is 0 Å². The van der Waals surface area contributed by atoms with Crippen molar-refractivity contribution in [3.8, 4) is 0 Å². The molecular formula is C14H20N2O2. The third-order valence-electron chi connectivity index (χ3n) is 4.23. The quantitative estimate of drug-likeness (QED) is 0.840. The molecule has 4 nitrogen and oxygen atoms in total. The Morgan fingerprint density at radius 1 is 1.56 bits per heavy atom. The summed E-state index contributed by atoms with van der Waals surface area (Å²) in [6, 6.07) is 2.11. The molecule has 2 unspecified atom stereocenters. The van der Waals surface area contributed by atoms with Gasteiger partial charge in [-0.1, -0.05) is 0 Å². The van der Waals surface area contributed by atoms with Crippen LogP contribution in [0.3, 0.4) is 0 Å². The third kappa shape index (κ3) is 1.94. The van der Waals surface area contributed by atoms with Crippen molar-refractivity contribution in [3.63, 3.8) is 0 Å². The number of rotatable bonds is 2. The molecule has 0 aromatic carbocycles. The summed E-state index contributed by atoms with van der Waals surface area (Å²) < 4.78 is 5.45. The number of carbonyl (C=O) groups is 1. The smallest absolute Gasteiger partial charge is 0.240 e. The van der Waals surface area contributed by atoms with Gasteiger partial charge >= 0.3 is 0 Å². The van der Waals surface area contributed by atoms with Crippen molar-refractivity contribution in [2.75, 3.05) is 6.54 Å². The van der Waals surface area contributed by atoms with Crippen LogP contribution in [-0.4, -0.2) is 18.0 Å². The molecule has 1 aliphatic heterocycles. The maximum atomic E-state index is 12.4. The molecule has 1 saturated heterocycles. The topological polar surface area (TPSA) is 54.3 Å². The number of carbonyl (C=O) groups excluding carboxylic acids is 1. The molecule has 2 atom stereocenters. The van der Waals surface area contributed by atoms with Crippen LogP contribution >= 0.6 is 0 Å². The SMILES string of the molecule is CC1(C(=O)NC2CCCc3occc32)CCCN1. The third-order valence-corrected chi connectivity index (χ3v) is 4.23. The monoisotopic (exact) mass is 248 g/mol. The lowest BCUT2D eigenvalue weighted by Gasteiger charge is -2.29. The van der Waals surface area contributed by atoms with Gasteiger partial charge in [0.25, 0.3) is 0 Å². The Hall–Kier alpha value is -1.29. The van der Waals surface area contributed by atoms with Crippen molar-refractivity contribution in [3.05, 3.63) is 23.7 Å². The Balaban J connectivity index is 1.73. The molecule has 0 radical (unpaired) electrons. The van der Waals surface area contributed by atoms with Crippen LogP contribution in [0.15, 0.2) is 16.7 Å². The summed E-state index contributed by atoms with van der Waals surface area (Å²) in [5.74, 6) is 1.16. The molecule has 1 amide bonds. The van der Waals surface area contributed by atoms with Gasteiger partial charge in [0.05, 0.1) is 17.8 Å². The van der Waals surface area contributed by atoms with Crippen LogP contribution in [0.5, 0.6) is 0 Å². The number of amides is 1. The number of nitrogens with one attached hydrogen (secondary N) is 2. The highest BCUT2D eigenvalue weighted by Gasteiger charge is 2.37. The molecule has 0 saturated carbocycles. The predicted octanol–water partition coefficient (Wildman–Crippen LogP) is 1.92. The Bertz CT molecular complexity index is 446. The highest BCUT2D eigenvalue weighted by molar-refractivity contribution is 5.86. The first-order valence-electron chi connectivity index (χ1n) is 6.81. The standard InChI is InChI=1S/C14H20N2O2/c1-14(7-3-8-15-14)13(17)16-11-4-2-5-12-10(11)6-9-18-12/h6,9,11,15H,2-5,7-8H2,1H3,(H,16,17). The van der Waals surface area contributed by atoms with Crippen LogP contribution in [0.4, 0.5) is 0 Å². The number of fused-ring (bicyclic) bond motifs is 1. The van der Waals surface area contributed by atoms with E-state index in [1.54, 1.807) is 6.26 Å². The molecule has 1 aromatic rings. The number of aryl methyl sites for hydroxylation is 1. The summed E-state index contributed by atoms with van der Waals surface area (Å²) in [5, 5.41) is 6.49. The zero-order valence-electron chi connectivity index (χ0n) is 10.8. The first-order chi connectivity index (χ1) is 8.69. The Labute approximate surface area is 107 Å². The minimum atomic E-state index is -0.388. The Morgan fingerprint density at radius 3 is 3.22 bits per heavy atom. The summed E-state index contributed by atoms with van der Waals surface area (Å²) in [6.07, 6.45) is 6.80. The lowest BCUT2D eigenvalue weighted by atomic mass is 9.91. The summed E-state index contributed by atoms with van der Waals surface area (Å²) in [6.45, 7) is 2.93. The molecule has 0 bridgehead atoms. The van der Waals surface area contributed by atoms with Gasteiger partial charge in [0.15, 0.2) is 0 Å². The first kappa shape index (κ1) is 11.8. The lowest BCUT2D eigenvalue weighted by molar-refractivity contribution is -0.127. The van der Waals surface area contributed by atoms with Gasteiger partial charge in [-0.2, -0.15) is 0 Å². The zero-order valence-corrected chi connectivity index (χ0v) is 10.8. The van der Waals surface area contributed by atoms with Gasteiger partial charge in [-0.05, 0) is 45.2 Å². The van der Waals surface area contributed by atoms with E-state index in [2.05, 4.69) is 10.6 Å². The molecule has 3 rings (SSSR count). The fourth-order valence-electron chi connectivity index (χ4n) is 3.04. The summed E-state index contributed by atoms with van der Waals surface area (Å²) in [4.78, 5) is 12.4. The van der Waals surface area contributed by atoms with Crippen LogP contribution in [0.2, 0.25) is 0 Å². The fourth-order valence-corrected chi connectivity index (χ4v) is 3.04. The van der Waals surface area contributed by atoms with Gasteiger partial charge in [0, 0.05) is 12.0 Å². The molecular weight excluding hydrogens is 228 g/mol. The van der Waals surface area contributed by atoms with Crippen LogP contribution in [-0.2, 0) is 11.2 Å². The van der Waals surface area contributed by atoms with Crippen LogP contribution in [0.1, 0.15) is 50.0 Å². The van der Waals surface area contributed by atoms with Gasteiger partial charge < -0.3 is 15.1 Å². The maximum Gasteiger partial charge on any atom is 0.240 e. The second kappa shape index (κ2) is 4.43. The molecule has 2 heterocycles. The summed E-state index contributed by atoms with van der Waals surface area (Å²) in [7, 11) is 0. The largest absolute Gasteiger partial charge is 0.469 e. The summed E-state index contributed by atoms with van der Waals surface area (Å²) in [5.41, 5.74) is 0.776. The minimum absolute atomic E-state index is 0.124. The molecule has 98 valence electrons. The predicted molar refractivity (Wildman–Crippen MR) is 68.2 cm³/mol. The van der Waals surface area contributed by atoms with Gasteiger partial charge in [-0.25, -0.2) is 0 Å². The highest BCUT2D eigenvalue weighted by atomic mass is 16.3. The van der Waals surface area contributed by atoms with E-state index in [0.717, 1.165) is 50.0 Å². The average molecular weight is 248 g/mol. The van der Waals surface area contributed by atoms with Crippen molar-refractivity contribution >= 4 is 5.91 Å². The van der Waals surface area contributed by atoms with E-state index in [1.807, 2.05) is 13.0 Å². The number of furan rings is 1.